The number of unbranched alkanes of at least 4 members (excludes halogenated alkanes) is 3. The first-order chi connectivity index (χ1) is 14.2. The second-order valence-electron chi connectivity index (χ2n) is 7.77. The fraction of sp³-hybridized carbons (Fsp3) is 0.615. The first-order valence-electron chi connectivity index (χ1n) is 11.7. The third-order valence-corrected chi connectivity index (χ3v) is 6.60. The number of thioether (sulfide) groups is 1. The van der Waals surface area contributed by atoms with Crippen LogP contribution in [-0.4, -0.2) is 19.0 Å². The lowest BCUT2D eigenvalue weighted by Crippen LogP contribution is -2.05. The van der Waals surface area contributed by atoms with Gasteiger partial charge >= 0.3 is 0 Å². The van der Waals surface area contributed by atoms with Gasteiger partial charge in [-0.15, -0.1) is 0 Å². The molecule has 162 valence electrons. The highest BCUT2D eigenvalue weighted by Crippen LogP contribution is 2.44. The smallest absolute Gasteiger partial charge is 0.124 e. The fourth-order valence-corrected chi connectivity index (χ4v) is 5.01. The average molecular weight is 417 g/mol. The van der Waals surface area contributed by atoms with Crippen molar-refractivity contribution in [1.29, 1.82) is 0 Å². The van der Waals surface area contributed by atoms with E-state index in [0.717, 1.165) is 50.4 Å². The maximum atomic E-state index is 6.30. The first-order valence-corrected chi connectivity index (χ1v) is 12.7. The van der Waals surface area contributed by atoms with Gasteiger partial charge in [0.1, 0.15) is 11.5 Å². The number of rotatable bonds is 15. The summed E-state index contributed by atoms with van der Waals surface area (Å²) in [7, 11) is 0. The molecule has 2 aromatic rings. The molecule has 0 saturated heterocycles. The Bertz CT molecular complexity index is 708. The highest BCUT2D eigenvalue weighted by Gasteiger charge is 2.20. The second-order valence-corrected chi connectivity index (χ2v) is 9.08. The monoisotopic (exact) mass is 416 g/mol. The molecule has 0 aromatic heterocycles. The van der Waals surface area contributed by atoms with E-state index in [-0.39, 0.29) is 0 Å². The summed E-state index contributed by atoms with van der Waals surface area (Å²) in [6.45, 7) is 10.5. The Kier molecular flexibility index (Phi) is 11.4. The highest BCUT2D eigenvalue weighted by molar-refractivity contribution is 7.99. The molecule has 29 heavy (non-hydrogen) atoms. The summed E-state index contributed by atoms with van der Waals surface area (Å²) < 4.78 is 12.3. The molecular formula is C26H40O2S. The Hall–Kier alpha value is -1.35. The molecule has 0 radical (unpaired) electrons. The van der Waals surface area contributed by atoms with Gasteiger partial charge in [-0.1, -0.05) is 65.5 Å². The topological polar surface area (TPSA) is 18.5 Å². The molecule has 0 aliphatic heterocycles. The summed E-state index contributed by atoms with van der Waals surface area (Å²) in [4.78, 5) is 0. The van der Waals surface area contributed by atoms with Crippen LogP contribution in [0.3, 0.4) is 0 Å². The number of ether oxygens (including phenoxy) is 2. The molecule has 0 bridgehead atoms. The Balaban J connectivity index is 2.43. The Labute approximate surface area is 182 Å². The van der Waals surface area contributed by atoms with Crippen molar-refractivity contribution in [3.05, 3.63) is 35.9 Å². The minimum atomic E-state index is 0.470. The fourth-order valence-electron chi connectivity index (χ4n) is 3.45. The van der Waals surface area contributed by atoms with Gasteiger partial charge in [-0.2, -0.15) is 11.8 Å². The van der Waals surface area contributed by atoms with Gasteiger partial charge in [0.15, 0.2) is 0 Å². The van der Waals surface area contributed by atoms with Gasteiger partial charge in [0, 0.05) is 10.8 Å². The predicted molar refractivity (Wildman–Crippen MR) is 130 cm³/mol. The van der Waals surface area contributed by atoms with Crippen molar-refractivity contribution in [3.8, 4) is 11.5 Å². The van der Waals surface area contributed by atoms with Gasteiger partial charge in [0.2, 0.25) is 0 Å². The Morgan fingerprint density at radius 1 is 0.793 bits per heavy atom. The normalized spacial score (nSPS) is 12.3. The maximum absolute atomic E-state index is 6.30. The average Bonchev–Trinajstić information content (AvgIpc) is 2.73. The van der Waals surface area contributed by atoms with Crippen LogP contribution in [0.5, 0.6) is 11.5 Å². The van der Waals surface area contributed by atoms with E-state index in [9.17, 15) is 0 Å². The SMILES string of the molecule is CCCCOc1ccc2ccc(OCCCC)c(C(CCC)SCCCC)c2c1. The minimum Gasteiger partial charge on any atom is -0.494 e. The molecule has 2 aromatic carbocycles. The van der Waals surface area contributed by atoms with Gasteiger partial charge in [-0.05, 0) is 60.4 Å². The van der Waals surface area contributed by atoms with Gasteiger partial charge < -0.3 is 9.47 Å². The van der Waals surface area contributed by atoms with E-state index < -0.39 is 0 Å². The third-order valence-electron chi connectivity index (χ3n) is 5.21. The van der Waals surface area contributed by atoms with Crippen LogP contribution in [0.2, 0.25) is 0 Å². The lowest BCUT2D eigenvalue weighted by Gasteiger charge is -2.23. The molecule has 2 rings (SSSR count). The van der Waals surface area contributed by atoms with Crippen LogP contribution in [0.25, 0.3) is 10.8 Å². The van der Waals surface area contributed by atoms with E-state index >= 15 is 0 Å². The van der Waals surface area contributed by atoms with Crippen LogP contribution < -0.4 is 9.47 Å². The first kappa shape index (κ1) is 23.9. The molecule has 0 N–H and O–H groups in total. The molecule has 0 saturated carbocycles. The molecule has 0 spiro atoms. The standard InChI is InChI=1S/C26H40O2S/c1-5-9-17-27-22-15-13-21-14-16-24(28-18-10-6-2)26(23(21)20-22)25(12-8-4)29-19-11-7-3/h13-16,20,25H,5-12,17-19H2,1-4H3. The van der Waals surface area contributed by atoms with Crippen LogP contribution in [0.15, 0.2) is 30.3 Å². The van der Waals surface area contributed by atoms with Crippen LogP contribution in [0.1, 0.15) is 89.9 Å². The van der Waals surface area contributed by atoms with E-state index in [4.69, 9.17) is 9.47 Å². The van der Waals surface area contributed by atoms with Crippen molar-refractivity contribution < 1.29 is 9.47 Å². The quantitative estimate of drug-likeness (QED) is 0.271. The molecule has 2 nitrogen and oxygen atoms in total. The van der Waals surface area contributed by atoms with E-state index in [0.29, 0.717) is 5.25 Å². The largest absolute Gasteiger partial charge is 0.494 e. The number of fused-ring (bicyclic) bond motifs is 1. The summed E-state index contributed by atoms with van der Waals surface area (Å²) in [6, 6.07) is 11.0. The van der Waals surface area contributed by atoms with E-state index in [2.05, 4.69) is 69.8 Å². The summed E-state index contributed by atoms with van der Waals surface area (Å²) in [5, 5.41) is 3.05. The molecule has 3 heteroatoms. The second kappa shape index (κ2) is 13.8. The summed E-state index contributed by atoms with van der Waals surface area (Å²) >= 11 is 2.10. The molecule has 0 amide bonds. The lowest BCUT2D eigenvalue weighted by atomic mass is 9.98. The number of hydrogen-bond donors (Lipinski definition) is 0. The van der Waals surface area contributed by atoms with Crippen molar-refractivity contribution in [3.63, 3.8) is 0 Å². The predicted octanol–water partition coefficient (Wildman–Crippen LogP) is 8.57. The molecule has 0 heterocycles. The van der Waals surface area contributed by atoms with Crippen molar-refractivity contribution in [1.82, 2.24) is 0 Å². The summed E-state index contributed by atoms with van der Waals surface area (Å²) in [6.07, 6.45) is 9.38. The zero-order chi connectivity index (χ0) is 20.9. The van der Waals surface area contributed by atoms with E-state index in [1.54, 1.807) is 0 Å². The van der Waals surface area contributed by atoms with E-state index in [1.807, 2.05) is 0 Å². The van der Waals surface area contributed by atoms with Crippen molar-refractivity contribution in [2.75, 3.05) is 19.0 Å². The highest BCUT2D eigenvalue weighted by atomic mass is 32.2. The van der Waals surface area contributed by atoms with Crippen molar-refractivity contribution >= 4 is 22.5 Å². The van der Waals surface area contributed by atoms with Gasteiger partial charge in [-0.25, -0.2) is 0 Å². The van der Waals surface area contributed by atoms with Crippen LogP contribution in [0.4, 0.5) is 0 Å². The molecule has 1 unspecified atom stereocenters. The zero-order valence-electron chi connectivity index (χ0n) is 19.0. The Morgan fingerprint density at radius 2 is 1.48 bits per heavy atom. The van der Waals surface area contributed by atoms with Crippen LogP contribution in [0, 0.1) is 0 Å². The van der Waals surface area contributed by atoms with Gasteiger partial charge in [0.05, 0.1) is 13.2 Å². The maximum Gasteiger partial charge on any atom is 0.124 e. The molecule has 0 fully saturated rings. The molecule has 0 aliphatic rings. The third kappa shape index (κ3) is 7.44. The number of benzene rings is 2. The Morgan fingerprint density at radius 3 is 2.17 bits per heavy atom. The van der Waals surface area contributed by atoms with Crippen LogP contribution >= 0.6 is 11.8 Å². The summed E-state index contributed by atoms with van der Waals surface area (Å²) in [5.74, 6) is 3.25. The molecule has 1 atom stereocenters. The van der Waals surface area contributed by atoms with Crippen LogP contribution in [-0.2, 0) is 0 Å². The van der Waals surface area contributed by atoms with E-state index in [1.165, 1.54) is 47.8 Å². The zero-order valence-corrected chi connectivity index (χ0v) is 19.8. The summed E-state index contributed by atoms with van der Waals surface area (Å²) in [5.41, 5.74) is 1.38. The van der Waals surface area contributed by atoms with Crippen molar-refractivity contribution in [2.45, 2.75) is 84.3 Å². The minimum absolute atomic E-state index is 0.470. The molecule has 0 aliphatic carbocycles. The van der Waals surface area contributed by atoms with Crippen molar-refractivity contribution in [2.24, 2.45) is 0 Å². The number of hydrogen-bond acceptors (Lipinski definition) is 3. The lowest BCUT2D eigenvalue weighted by molar-refractivity contribution is 0.306. The molecular weight excluding hydrogens is 376 g/mol. The van der Waals surface area contributed by atoms with Gasteiger partial charge in [0.25, 0.3) is 0 Å². The van der Waals surface area contributed by atoms with Gasteiger partial charge in [-0.3, -0.25) is 0 Å².